The van der Waals surface area contributed by atoms with Crippen molar-refractivity contribution in [2.24, 2.45) is 0 Å². The van der Waals surface area contributed by atoms with Gasteiger partial charge in [-0.15, -0.1) is 0 Å². The highest BCUT2D eigenvalue weighted by Gasteiger charge is 2.06. The van der Waals surface area contributed by atoms with Crippen LogP contribution in [0.4, 0.5) is 0 Å². The van der Waals surface area contributed by atoms with Gasteiger partial charge < -0.3 is 19.5 Å². The average Bonchev–Trinajstić information content (AvgIpc) is 2.77. The predicted molar refractivity (Wildman–Crippen MR) is 104 cm³/mol. The van der Waals surface area contributed by atoms with Gasteiger partial charge in [-0.25, -0.2) is 9.97 Å². The van der Waals surface area contributed by atoms with E-state index in [2.05, 4.69) is 15.3 Å². The first-order valence-corrected chi connectivity index (χ1v) is 8.67. The van der Waals surface area contributed by atoms with E-state index in [0.717, 1.165) is 22.8 Å². The predicted octanol–water partition coefficient (Wildman–Crippen LogP) is 2.86. The third-order valence-electron chi connectivity index (χ3n) is 4.01. The van der Waals surface area contributed by atoms with Crippen LogP contribution >= 0.6 is 0 Å². The van der Waals surface area contributed by atoms with E-state index in [4.69, 9.17) is 14.2 Å². The quantitative estimate of drug-likeness (QED) is 0.648. The molecule has 0 aliphatic rings. The number of methoxy groups -OCH3 is 2. The van der Waals surface area contributed by atoms with Gasteiger partial charge in [-0.1, -0.05) is 0 Å². The lowest BCUT2D eigenvalue weighted by Crippen LogP contribution is -2.28. The van der Waals surface area contributed by atoms with Crippen molar-refractivity contribution in [1.29, 1.82) is 0 Å². The zero-order chi connectivity index (χ0) is 19.8. The highest BCUT2D eigenvalue weighted by Crippen LogP contribution is 2.20. The second kappa shape index (κ2) is 9.36. The van der Waals surface area contributed by atoms with E-state index in [1.807, 2.05) is 30.3 Å². The van der Waals surface area contributed by atoms with Crippen LogP contribution in [0.1, 0.15) is 5.69 Å². The van der Waals surface area contributed by atoms with Crippen molar-refractivity contribution in [1.82, 2.24) is 15.3 Å². The van der Waals surface area contributed by atoms with E-state index in [0.29, 0.717) is 11.4 Å². The van der Waals surface area contributed by atoms with Gasteiger partial charge >= 0.3 is 0 Å². The molecule has 7 nitrogen and oxygen atoms in total. The molecule has 144 valence electrons. The molecule has 0 spiro atoms. The van der Waals surface area contributed by atoms with Gasteiger partial charge in [-0.2, -0.15) is 0 Å². The third-order valence-corrected chi connectivity index (χ3v) is 4.01. The molecule has 2 aromatic carbocycles. The fourth-order valence-corrected chi connectivity index (χ4v) is 2.47. The summed E-state index contributed by atoms with van der Waals surface area (Å²) >= 11 is 0. The standard InChI is InChI=1S/C21H21N3O4/c1-26-17-5-3-15(4-6-17)20-11-16(23-14-24-20)12-22-21(25)13-28-19-9-7-18(27-2)8-10-19/h3-11,14H,12-13H2,1-2H3,(H,22,25). The molecule has 0 fully saturated rings. The fraction of sp³-hybridized carbons (Fsp3) is 0.190. The Balaban J connectivity index is 1.52. The Labute approximate surface area is 163 Å². The van der Waals surface area contributed by atoms with Crippen LogP contribution in [0.15, 0.2) is 60.9 Å². The minimum atomic E-state index is -0.236. The summed E-state index contributed by atoms with van der Waals surface area (Å²) in [6.45, 7) is 0.208. The molecular formula is C21H21N3O4. The van der Waals surface area contributed by atoms with Gasteiger partial charge in [0.25, 0.3) is 5.91 Å². The Kier molecular flexibility index (Phi) is 6.41. The summed E-state index contributed by atoms with van der Waals surface area (Å²) in [5.74, 6) is 1.87. The molecule has 3 aromatic rings. The first kappa shape index (κ1) is 19.2. The highest BCUT2D eigenvalue weighted by atomic mass is 16.5. The van der Waals surface area contributed by atoms with Gasteiger partial charge in [-0.05, 0) is 54.6 Å². The largest absolute Gasteiger partial charge is 0.497 e. The molecule has 0 bridgehead atoms. The maximum Gasteiger partial charge on any atom is 0.258 e. The molecule has 7 heteroatoms. The molecular weight excluding hydrogens is 358 g/mol. The molecule has 1 N–H and O–H groups in total. The number of rotatable bonds is 8. The van der Waals surface area contributed by atoms with Crippen molar-refractivity contribution in [3.8, 4) is 28.5 Å². The van der Waals surface area contributed by atoms with Crippen LogP contribution < -0.4 is 19.5 Å². The second-order valence-corrected chi connectivity index (χ2v) is 5.86. The number of nitrogens with one attached hydrogen (secondary N) is 1. The second-order valence-electron chi connectivity index (χ2n) is 5.86. The number of hydrogen-bond donors (Lipinski definition) is 1. The molecule has 1 heterocycles. The van der Waals surface area contributed by atoms with Crippen LogP contribution in [-0.2, 0) is 11.3 Å². The van der Waals surface area contributed by atoms with Crippen molar-refractivity contribution in [2.75, 3.05) is 20.8 Å². The Bertz CT molecular complexity index is 912. The van der Waals surface area contributed by atoms with Crippen molar-refractivity contribution in [2.45, 2.75) is 6.54 Å². The van der Waals surface area contributed by atoms with E-state index in [9.17, 15) is 4.79 Å². The smallest absolute Gasteiger partial charge is 0.258 e. The average molecular weight is 379 g/mol. The molecule has 28 heavy (non-hydrogen) atoms. The Morgan fingerprint density at radius 2 is 1.50 bits per heavy atom. The lowest BCUT2D eigenvalue weighted by Gasteiger charge is -2.09. The van der Waals surface area contributed by atoms with Gasteiger partial charge in [0.05, 0.1) is 32.2 Å². The number of ether oxygens (including phenoxy) is 3. The van der Waals surface area contributed by atoms with Crippen LogP contribution in [0.3, 0.4) is 0 Å². The van der Waals surface area contributed by atoms with Gasteiger partial charge in [0.15, 0.2) is 6.61 Å². The molecule has 0 saturated heterocycles. The van der Waals surface area contributed by atoms with Gasteiger partial charge in [0.2, 0.25) is 0 Å². The minimum Gasteiger partial charge on any atom is -0.497 e. The first-order chi connectivity index (χ1) is 13.7. The molecule has 1 amide bonds. The third kappa shape index (κ3) is 5.20. The molecule has 0 atom stereocenters. The van der Waals surface area contributed by atoms with Crippen molar-refractivity contribution >= 4 is 5.91 Å². The minimum absolute atomic E-state index is 0.0806. The monoisotopic (exact) mass is 379 g/mol. The number of hydrogen-bond acceptors (Lipinski definition) is 6. The summed E-state index contributed by atoms with van der Waals surface area (Å²) in [5.41, 5.74) is 2.42. The maximum atomic E-state index is 12.0. The van der Waals surface area contributed by atoms with Crippen LogP contribution in [0.25, 0.3) is 11.3 Å². The van der Waals surface area contributed by atoms with E-state index in [1.165, 1.54) is 6.33 Å². The molecule has 3 rings (SSSR count). The summed E-state index contributed by atoms with van der Waals surface area (Å²) in [6, 6.07) is 16.5. The van der Waals surface area contributed by atoms with E-state index < -0.39 is 0 Å². The molecule has 0 unspecified atom stereocenters. The summed E-state index contributed by atoms with van der Waals surface area (Å²) in [7, 11) is 3.22. The normalized spacial score (nSPS) is 10.2. The summed E-state index contributed by atoms with van der Waals surface area (Å²) in [4.78, 5) is 20.5. The van der Waals surface area contributed by atoms with Crippen LogP contribution in [-0.4, -0.2) is 36.7 Å². The number of carbonyl (C=O) groups is 1. The highest BCUT2D eigenvalue weighted by molar-refractivity contribution is 5.77. The molecule has 0 aliphatic heterocycles. The van der Waals surface area contributed by atoms with E-state index >= 15 is 0 Å². The molecule has 0 aliphatic carbocycles. The van der Waals surface area contributed by atoms with Gasteiger partial charge in [0.1, 0.15) is 23.6 Å². The van der Waals surface area contributed by atoms with Crippen molar-refractivity contribution in [3.63, 3.8) is 0 Å². The molecule has 0 saturated carbocycles. The number of benzene rings is 2. The topological polar surface area (TPSA) is 82.6 Å². The number of carbonyl (C=O) groups excluding carboxylic acids is 1. The summed E-state index contributed by atoms with van der Waals surface area (Å²) in [6.07, 6.45) is 1.48. The van der Waals surface area contributed by atoms with Gasteiger partial charge in [-0.3, -0.25) is 4.79 Å². The molecule has 0 radical (unpaired) electrons. The Morgan fingerprint density at radius 1 is 0.893 bits per heavy atom. The van der Waals surface area contributed by atoms with Crippen LogP contribution in [0.2, 0.25) is 0 Å². The molecule has 1 aromatic heterocycles. The number of amides is 1. The lowest BCUT2D eigenvalue weighted by atomic mass is 10.1. The summed E-state index contributed by atoms with van der Waals surface area (Å²) < 4.78 is 15.7. The zero-order valence-corrected chi connectivity index (χ0v) is 15.7. The number of aromatic nitrogens is 2. The Hall–Kier alpha value is -3.61. The summed E-state index contributed by atoms with van der Waals surface area (Å²) in [5, 5.41) is 2.79. The van der Waals surface area contributed by atoms with Crippen molar-refractivity contribution < 1.29 is 19.0 Å². The Morgan fingerprint density at radius 3 is 2.14 bits per heavy atom. The van der Waals surface area contributed by atoms with Gasteiger partial charge in [0, 0.05) is 5.56 Å². The zero-order valence-electron chi connectivity index (χ0n) is 15.7. The van der Waals surface area contributed by atoms with Crippen molar-refractivity contribution in [3.05, 3.63) is 66.6 Å². The van der Waals surface area contributed by atoms with Crippen LogP contribution in [0.5, 0.6) is 17.2 Å². The fourth-order valence-electron chi connectivity index (χ4n) is 2.47. The van der Waals surface area contributed by atoms with E-state index in [-0.39, 0.29) is 19.1 Å². The number of nitrogens with zero attached hydrogens (tertiary/aromatic N) is 2. The lowest BCUT2D eigenvalue weighted by molar-refractivity contribution is -0.123. The van der Waals surface area contributed by atoms with Crippen LogP contribution in [0, 0.1) is 0 Å². The van der Waals surface area contributed by atoms with E-state index in [1.54, 1.807) is 38.5 Å². The first-order valence-electron chi connectivity index (χ1n) is 8.67. The maximum absolute atomic E-state index is 12.0. The SMILES string of the molecule is COc1ccc(OCC(=O)NCc2cc(-c3ccc(OC)cc3)ncn2)cc1.